The third-order valence-electron chi connectivity index (χ3n) is 3.95. The molecule has 0 bridgehead atoms. The summed E-state index contributed by atoms with van der Waals surface area (Å²) in [5, 5.41) is 5.12. The van der Waals surface area contributed by atoms with E-state index in [2.05, 4.69) is 10.3 Å². The van der Waals surface area contributed by atoms with Gasteiger partial charge in [0.05, 0.1) is 0 Å². The minimum absolute atomic E-state index is 0.200. The van der Waals surface area contributed by atoms with E-state index in [1.54, 1.807) is 11.4 Å². The molecule has 0 fully saturated rings. The Labute approximate surface area is 162 Å². The molecule has 3 rings (SSSR count). The average Bonchev–Trinajstić information content (AvgIpc) is 3.12. The summed E-state index contributed by atoms with van der Waals surface area (Å²) in [5.41, 5.74) is 3.99. The van der Waals surface area contributed by atoms with Crippen LogP contribution in [0.4, 0.5) is 5.69 Å². The molecule has 1 atom stereocenters. The fourth-order valence-corrected chi connectivity index (χ4v) is 3.23. The zero-order valence-corrected chi connectivity index (χ0v) is 16.2. The molecule has 1 unspecified atom stereocenters. The highest BCUT2D eigenvalue weighted by molar-refractivity contribution is 7.13. The van der Waals surface area contributed by atoms with Gasteiger partial charge in [-0.25, -0.2) is 9.78 Å². The summed E-state index contributed by atoms with van der Waals surface area (Å²) in [6.07, 6.45) is -0.928. The Bertz CT molecular complexity index is 964. The third-order valence-corrected chi connectivity index (χ3v) is 4.84. The number of benzene rings is 2. The van der Waals surface area contributed by atoms with Crippen LogP contribution in [-0.2, 0) is 9.53 Å². The van der Waals surface area contributed by atoms with Crippen molar-refractivity contribution in [2.45, 2.75) is 26.9 Å². The lowest BCUT2D eigenvalue weighted by Gasteiger charge is -2.13. The second-order valence-corrected chi connectivity index (χ2v) is 7.17. The molecule has 1 heterocycles. The molecule has 138 valence electrons. The Hall–Kier alpha value is -2.99. The van der Waals surface area contributed by atoms with Gasteiger partial charge in [0.1, 0.15) is 5.01 Å². The van der Waals surface area contributed by atoms with Crippen LogP contribution in [-0.4, -0.2) is 23.0 Å². The van der Waals surface area contributed by atoms with Gasteiger partial charge in [0, 0.05) is 16.6 Å². The van der Waals surface area contributed by atoms with E-state index < -0.39 is 12.1 Å². The number of hydrogen-bond acceptors (Lipinski definition) is 5. The molecular weight excluding hydrogens is 360 g/mol. The van der Waals surface area contributed by atoms with Crippen molar-refractivity contribution in [3.05, 3.63) is 70.7 Å². The molecule has 3 aromatic rings. The van der Waals surface area contributed by atoms with Crippen molar-refractivity contribution in [2.75, 3.05) is 5.32 Å². The summed E-state index contributed by atoms with van der Waals surface area (Å²) in [5.74, 6) is -1.00. The minimum Gasteiger partial charge on any atom is -0.448 e. The monoisotopic (exact) mass is 380 g/mol. The number of esters is 1. The van der Waals surface area contributed by atoms with Crippen LogP contribution in [0.3, 0.4) is 0 Å². The van der Waals surface area contributed by atoms with Crippen LogP contribution in [0.5, 0.6) is 0 Å². The van der Waals surface area contributed by atoms with Gasteiger partial charge in [-0.05, 0) is 38.5 Å². The maximum absolute atomic E-state index is 12.3. The molecule has 0 radical (unpaired) electrons. The molecule has 0 aliphatic rings. The Balaban J connectivity index is 1.62. The van der Waals surface area contributed by atoms with Gasteiger partial charge >= 0.3 is 5.97 Å². The molecule has 6 heteroatoms. The highest BCUT2D eigenvalue weighted by atomic mass is 32.1. The number of aryl methyl sites for hydroxylation is 2. The Morgan fingerprint density at radius 1 is 1.07 bits per heavy atom. The van der Waals surface area contributed by atoms with E-state index in [1.165, 1.54) is 18.3 Å². The number of hydrogen-bond donors (Lipinski definition) is 1. The molecule has 1 aromatic heterocycles. The highest BCUT2D eigenvalue weighted by Crippen LogP contribution is 2.24. The minimum atomic E-state index is -0.928. The average molecular weight is 380 g/mol. The molecule has 0 saturated carbocycles. The van der Waals surface area contributed by atoms with E-state index in [0.717, 1.165) is 21.7 Å². The van der Waals surface area contributed by atoms with Gasteiger partial charge in [0.25, 0.3) is 5.91 Å². The first-order valence-electron chi connectivity index (χ1n) is 8.53. The molecule has 1 N–H and O–H groups in total. The van der Waals surface area contributed by atoms with Crippen molar-refractivity contribution in [3.8, 4) is 10.6 Å². The van der Waals surface area contributed by atoms with E-state index in [0.29, 0.717) is 5.69 Å². The number of ether oxygens (including phenoxy) is 1. The predicted molar refractivity (Wildman–Crippen MR) is 107 cm³/mol. The normalized spacial score (nSPS) is 11.7. The van der Waals surface area contributed by atoms with Crippen LogP contribution in [0.25, 0.3) is 10.6 Å². The van der Waals surface area contributed by atoms with Crippen molar-refractivity contribution in [1.82, 2.24) is 4.98 Å². The van der Waals surface area contributed by atoms with Crippen LogP contribution in [0.1, 0.15) is 28.5 Å². The standard InChI is InChI=1S/C21H20N2O3S/c1-13-7-9-16(10-8-13)20-23-18(12-27-20)21(25)26-15(3)19(24)22-17-6-4-5-14(2)11-17/h4-12,15H,1-3H3,(H,22,24). The maximum atomic E-state index is 12.3. The van der Waals surface area contributed by atoms with Gasteiger partial charge < -0.3 is 10.1 Å². The smallest absolute Gasteiger partial charge is 0.358 e. The van der Waals surface area contributed by atoms with Gasteiger partial charge in [-0.2, -0.15) is 0 Å². The van der Waals surface area contributed by atoms with Gasteiger partial charge in [-0.1, -0.05) is 42.0 Å². The molecule has 27 heavy (non-hydrogen) atoms. The Kier molecular flexibility index (Phi) is 5.66. The number of nitrogens with one attached hydrogen (secondary N) is 1. The van der Waals surface area contributed by atoms with Gasteiger partial charge in [0.15, 0.2) is 11.8 Å². The third kappa shape index (κ3) is 4.80. The van der Waals surface area contributed by atoms with Crippen molar-refractivity contribution < 1.29 is 14.3 Å². The molecular formula is C21H20N2O3S. The fraction of sp³-hybridized carbons (Fsp3) is 0.190. The summed E-state index contributed by atoms with van der Waals surface area (Å²) >= 11 is 1.36. The molecule has 0 aliphatic heterocycles. The van der Waals surface area contributed by atoms with Gasteiger partial charge in [-0.15, -0.1) is 11.3 Å². The predicted octanol–water partition coefficient (Wildman–Crippen LogP) is 4.61. The molecule has 1 amide bonds. The summed E-state index contributed by atoms with van der Waals surface area (Å²) in [6.45, 7) is 5.49. The number of aromatic nitrogens is 1. The van der Waals surface area contributed by atoms with Crippen LogP contribution in [0.2, 0.25) is 0 Å². The Morgan fingerprint density at radius 2 is 1.81 bits per heavy atom. The quantitative estimate of drug-likeness (QED) is 0.656. The van der Waals surface area contributed by atoms with Crippen molar-refractivity contribution in [1.29, 1.82) is 0 Å². The fourth-order valence-electron chi connectivity index (χ4n) is 2.44. The second kappa shape index (κ2) is 8.14. The number of thiazole rings is 1. The first kappa shape index (κ1) is 18.8. The van der Waals surface area contributed by atoms with E-state index in [4.69, 9.17) is 4.74 Å². The maximum Gasteiger partial charge on any atom is 0.358 e. The van der Waals surface area contributed by atoms with Gasteiger partial charge in [0.2, 0.25) is 0 Å². The summed E-state index contributed by atoms with van der Waals surface area (Å²) in [6, 6.07) is 15.3. The number of rotatable bonds is 5. The summed E-state index contributed by atoms with van der Waals surface area (Å²) < 4.78 is 5.26. The molecule has 0 saturated heterocycles. The number of anilines is 1. The zero-order valence-electron chi connectivity index (χ0n) is 15.4. The second-order valence-electron chi connectivity index (χ2n) is 6.31. The first-order chi connectivity index (χ1) is 12.9. The van der Waals surface area contributed by atoms with Crippen molar-refractivity contribution in [3.63, 3.8) is 0 Å². The van der Waals surface area contributed by atoms with Crippen molar-refractivity contribution in [2.24, 2.45) is 0 Å². The van der Waals surface area contributed by atoms with Crippen LogP contribution >= 0.6 is 11.3 Å². The lowest BCUT2D eigenvalue weighted by atomic mass is 10.2. The largest absolute Gasteiger partial charge is 0.448 e. The number of carbonyl (C=O) groups is 2. The van der Waals surface area contributed by atoms with Crippen molar-refractivity contribution >= 4 is 28.9 Å². The Morgan fingerprint density at radius 3 is 2.52 bits per heavy atom. The summed E-state index contributed by atoms with van der Waals surface area (Å²) in [4.78, 5) is 28.9. The molecule has 5 nitrogen and oxygen atoms in total. The topological polar surface area (TPSA) is 68.3 Å². The zero-order chi connectivity index (χ0) is 19.4. The first-order valence-corrected chi connectivity index (χ1v) is 9.41. The van der Waals surface area contributed by atoms with E-state index in [9.17, 15) is 9.59 Å². The highest BCUT2D eigenvalue weighted by Gasteiger charge is 2.21. The van der Waals surface area contributed by atoms with Gasteiger partial charge in [-0.3, -0.25) is 4.79 Å². The number of carbonyl (C=O) groups excluding carboxylic acids is 2. The number of amides is 1. The van der Waals surface area contributed by atoms with E-state index >= 15 is 0 Å². The molecule has 2 aromatic carbocycles. The lowest BCUT2D eigenvalue weighted by Crippen LogP contribution is -2.30. The van der Waals surface area contributed by atoms with Crippen LogP contribution < -0.4 is 5.32 Å². The van der Waals surface area contributed by atoms with E-state index in [-0.39, 0.29) is 11.6 Å². The molecule has 0 aliphatic carbocycles. The van der Waals surface area contributed by atoms with Crippen LogP contribution in [0, 0.1) is 13.8 Å². The summed E-state index contributed by atoms with van der Waals surface area (Å²) in [7, 11) is 0. The number of nitrogens with zero attached hydrogens (tertiary/aromatic N) is 1. The van der Waals surface area contributed by atoms with Crippen LogP contribution in [0.15, 0.2) is 53.9 Å². The molecule has 0 spiro atoms. The van der Waals surface area contributed by atoms with E-state index in [1.807, 2.05) is 56.3 Å². The SMILES string of the molecule is Cc1ccc(-c2nc(C(=O)OC(C)C(=O)Nc3cccc(C)c3)cs2)cc1. The lowest BCUT2D eigenvalue weighted by molar-refractivity contribution is -0.123.